The van der Waals surface area contributed by atoms with Crippen molar-refractivity contribution in [3.05, 3.63) is 24.6 Å². The molecule has 2 aromatic heterocycles. The fraction of sp³-hybridized carbons (Fsp3) is 0.500. The van der Waals surface area contributed by atoms with E-state index < -0.39 is 5.97 Å². The minimum absolute atomic E-state index is 0.250. The summed E-state index contributed by atoms with van der Waals surface area (Å²) in [7, 11) is 0. The zero-order valence-electron chi connectivity index (χ0n) is 12.3. The molecule has 0 aromatic carbocycles. The number of nitrogens with zero attached hydrogens (tertiary/aromatic N) is 1. The van der Waals surface area contributed by atoms with E-state index in [2.05, 4.69) is 17.2 Å². The number of aliphatic carboxylic acids is 1. The van der Waals surface area contributed by atoms with Crippen LogP contribution in [0.25, 0.3) is 11.0 Å². The number of anilines is 1. The Kier molecular flexibility index (Phi) is 5.60. The molecular formula is C16H22N2O3. The van der Waals surface area contributed by atoms with E-state index in [1.54, 1.807) is 12.5 Å². The molecule has 5 nitrogen and oxygen atoms in total. The molecule has 0 bridgehead atoms. The molecule has 0 aliphatic carbocycles. The van der Waals surface area contributed by atoms with Gasteiger partial charge >= 0.3 is 5.97 Å². The number of hydrogen-bond acceptors (Lipinski definition) is 4. The van der Waals surface area contributed by atoms with E-state index in [0.29, 0.717) is 5.92 Å². The summed E-state index contributed by atoms with van der Waals surface area (Å²) in [6, 6.07) is 3.74. The third-order valence-corrected chi connectivity index (χ3v) is 3.69. The van der Waals surface area contributed by atoms with E-state index in [4.69, 9.17) is 9.52 Å². The molecule has 0 aliphatic heterocycles. The van der Waals surface area contributed by atoms with Crippen LogP contribution in [0.3, 0.4) is 0 Å². The molecule has 0 amide bonds. The van der Waals surface area contributed by atoms with Gasteiger partial charge in [-0.25, -0.2) is 4.98 Å². The number of carboxylic acids is 1. The lowest BCUT2D eigenvalue weighted by molar-refractivity contribution is -0.137. The summed E-state index contributed by atoms with van der Waals surface area (Å²) in [5, 5.41) is 13.1. The highest BCUT2D eigenvalue weighted by Crippen LogP contribution is 2.23. The third-order valence-electron chi connectivity index (χ3n) is 3.69. The summed E-state index contributed by atoms with van der Waals surface area (Å²) >= 11 is 0. The summed E-state index contributed by atoms with van der Waals surface area (Å²) < 4.78 is 5.34. The number of nitrogens with one attached hydrogen (secondary N) is 1. The first-order chi connectivity index (χ1) is 10.2. The number of aromatic nitrogens is 1. The van der Waals surface area contributed by atoms with Gasteiger partial charge in [0.25, 0.3) is 0 Å². The number of carboxylic acid groups (broad SMARTS) is 1. The molecular weight excluding hydrogens is 268 g/mol. The zero-order chi connectivity index (χ0) is 15.1. The molecule has 0 saturated carbocycles. The zero-order valence-corrected chi connectivity index (χ0v) is 12.3. The van der Waals surface area contributed by atoms with Crippen molar-refractivity contribution in [2.45, 2.75) is 39.0 Å². The number of pyridine rings is 1. The van der Waals surface area contributed by atoms with Gasteiger partial charge in [0.15, 0.2) is 0 Å². The van der Waals surface area contributed by atoms with Crippen molar-refractivity contribution in [2.75, 3.05) is 11.9 Å². The van der Waals surface area contributed by atoms with Gasteiger partial charge in [-0.05, 0) is 30.9 Å². The molecule has 5 heteroatoms. The third kappa shape index (κ3) is 4.48. The first kappa shape index (κ1) is 15.4. The second kappa shape index (κ2) is 7.67. The van der Waals surface area contributed by atoms with Gasteiger partial charge in [0, 0.05) is 19.2 Å². The van der Waals surface area contributed by atoms with E-state index >= 15 is 0 Å². The fourth-order valence-electron chi connectivity index (χ4n) is 2.60. The van der Waals surface area contributed by atoms with Crippen molar-refractivity contribution in [3.63, 3.8) is 0 Å². The molecule has 21 heavy (non-hydrogen) atoms. The van der Waals surface area contributed by atoms with Gasteiger partial charge in [-0.2, -0.15) is 0 Å². The molecule has 0 saturated heterocycles. The van der Waals surface area contributed by atoms with Crippen molar-refractivity contribution in [2.24, 2.45) is 5.92 Å². The maximum atomic E-state index is 10.7. The fourth-order valence-corrected chi connectivity index (χ4v) is 2.60. The van der Waals surface area contributed by atoms with Crippen molar-refractivity contribution in [1.29, 1.82) is 0 Å². The van der Waals surface area contributed by atoms with Crippen LogP contribution in [-0.2, 0) is 4.79 Å². The first-order valence-corrected chi connectivity index (χ1v) is 7.48. The van der Waals surface area contributed by atoms with Crippen LogP contribution in [0.5, 0.6) is 0 Å². The van der Waals surface area contributed by atoms with Crippen molar-refractivity contribution in [1.82, 2.24) is 4.98 Å². The van der Waals surface area contributed by atoms with Crippen LogP contribution in [0, 0.1) is 5.92 Å². The monoisotopic (exact) mass is 290 g/mol. The van der Waals surface area contributed by atoms with E-state index in [1.807, 2.05) is 12.1 Å². The Morgan fingerprint density at radius 2 is 2.24 bits per heavy atom. The Balaban J connectivity index is 1.86. The summed E-state index contributed by atoms with van der Waals surface area (Å²) in [5.74, 6) is 0.561. The second-order valence-electron chi connectivity index (χ2n) is 5.29. The second-order valence-corrected chi connectivity index (χ2v) is 5.29. The maximum Gasteiger partial charge on any atom is 0.303 e. The number of rotatable bonds is 9. The molecule has 1 unspecified atom stereocenters. The first-order valence-electron chi connectivity index (χ1n) is 7.48. The Labute approximate surface area is 124 Å². The van der Waals surface area contributed by atoms with Gasteiger partial charge < -0.3 is 14.8 Å². The lowest BCUT2D eigenvalue weighted by atomic mass is 9.94. The predicted octanol–water partition coefficient (Wildman–Crippen LogP) is 3.91. The molecule has 0 aliphatic rings. The largest absolute Gasteiger partial charge is 0.481 e. The average molecular weight is 290 g/mol. The number of furan rings is 1. The molecule has 2 aromatic rings. The topological polar surface area (TPSA) is 75.4 Å². The standard InChI is InChI=1S/C16H22N2O3/c1-2-3-12(4-5-15(19)20)6-9-17-16-13-8-11-21-14(13)7-10-18-16/h7-8,10-12H,2-6,9H2,1H3,(H,17,18)(H,19,20). The molecule has 0 spiro atoms. The maximum absolute atomic E-state index is 10.7. The molecule has 2 heterocycles. The van der Waals surface area contributed by atoms with Crippen molar-refractivity contribution >= 4 is 22.8 Å². The Hall–Kier alpha value is -2.04. The van der Waals surface area contributed by atoms with Crippen LogP contribution in [0.15, 0.2) is 29.0 Å². The van der Waals surface area contributed by atoms with E-state index in [1.165, 1.54) is 0 Å². The van der Waals surface area contributed by atoms with E-state index in [0.717, 1.165) is 49.0 Å². The summed E-state index contributed by atoms with van der Waals surface area (Å²) in [6.45, 7) is 2.93. The van der Waals surface area contributed by atoms with Crippen LogP contribution < -0.4 is 5.32 Å². The highest BCUT2D eigenvalue weighted by molar-refractivity contribution is 5.87. The molecule has 114 valence electrons. The molecule has 0 radical (unpaired) electrons. The van der Waals surface area contributed by atoms with Crippen LogP contribution in [0.2, 0.25) is 0 Å². The summed E-state index contributed by atoms with van der Waals surface area (Å²) in [4.78, 5) is 15.0. The van der Waals surface area contributed by atoms with Crippen LogP contribution in [0.4, 0.5) is 5.82 Å². The number of hydrogen-bond donors (Lipinski definition) is 2. The summed E-state index contributed by atoms with van der Waals surface area (Å²) in [5.41, 5.74) is 0.823. The Morgan fingerprint density at radius 3 is 3.00 bits per heavy atom. The van der Waals surface area contributed by atoms with Gasteiger partial charge in [0.1, 0.15) is 11.4 Å². The lowest BCUT2D eigenvalue weighted by Gasteiger charge is -2.15. The van der Waals surface area contributed by atoms with Crippen molar-refractivity contribution < 1.29 is 14.3 Å². The SMILES string of the molecule is CCCC(CCNc1nccc2occc12)CCC(=O)O. The number of fused-ring (bicyclic) bond motifs is 1. The van der Waals surface area contributed by atoms with Crippen molar-refractivity contribution in [3.8, 4) is 0 Å². The van der Waals surface area contributed by atoms with Crippen LogP contribution >= 0.6 is 0 Å². The van der Waals surface area contributed by atoms with Gasteiger partial charge in [-0.3, -0.25) is 4.79 Å². The molecule has 2 rings (SSSR count). The Bertz CT molecular complexity index is 580. The minimum atomic E-state index is -0.714. The van der Waals surface area contributed by atoms with Gasteiger partial charge in [-0.15, -0.1) is 0 Å². The normalized spacial score (nSPS) is 12.4. The van der Waals surface area contributed by atoms with Gasteiger partial charge in [-0.1, -0.05) is 19.8 Å². The Morgan fingerprint density at radius 1 is 1.38 bits per heavy atom. The average Bonchev–Trinajstić information content (AvgIpc) is 2.94. The molecule has 0 fully saturated rings. The molecule has 1 atom stereocenters. The summed E-state index contributed by atoms with van der Waals surface area (Å²) in [6.07, 6.45) is 7.48. The van der Waals surface area contributed by atoms with Gasteiger partial charge in [0.2, 0.25) is 0 Å². The van der Waals surface area contributed by atoms with E-state index in [-0.39, 0.29) is 6.42 Å². The number of carbonyl (C=O) groups is 1. The highest BCUT2D eigenvalue weighted by Gasteiger charge is 2.11. The van der Waals surface area contributed by atoms with E-state index in [9.17, 15) is 4.79 Å². The molecule has 2 N–H and O–H groups in total. The smallest absolute Gasteiger partial charge is 0.303 e. The highest BCUT2D eigenvalue weighted by atomic mass is 16.4. The predicted molar refractivity (Wildman–Crippen MR) is 82.4 cm³/mol. The van der Waals surface area contributed by atoms with Crippen LogP contribution in [0.1, 0.15) is 39.0 Å². The minimum Gasteiger partial charge on any atom is -0.481 e. The van der Waals surface area contributed by atoms with Crippen LogP contribution in [-0.4, -0.2) is 22.6 Å². The lowest BCUT2D eigenvalue weighted by Crippen LogP contribution is -2.11. The quantitative estimate of drug-likeness (QED) is 0.732. The van der Waals surface area contributed by atoms with Gasteiger partial charge in [0.05, 0.1) is 11.6 Å².